The molecule has 3 atom stereocenters. The molecule has 0 aliphatic rings. The van der Waals surface area contributed by atoms with Gasteiger partial charge in [-0.25, -0.2) is 4.57 Å². The second-order valence-electron chi connectivity index (χ2n) is 15.9. The van der Waals surface area contributed by atoms with E-state index in [1.165, 1.54) is 135 Å². The molecule has 0 spiro atoms. The van der Waals surface area contributed by atoms with Gasteiger partial charge in [-0.05, 0) is 64.2 Å². The van der Waals surface area contributed by atoms with Crippen molar-refractivity contribution >= 4 is 25.7 Å². The van der Waals surface area contributed by atoms with E-state index >= 15 is 0 Å². The number of carbonyl (C=O) groups is 3. The number of hydrogen-bond acceptors (Lipinski definition) is 9. The van der Waals surface area contributed by atoms with Crippen LogP contribution in [0, 0.1) is 0 Å². The van der Waals surface area contributed by atoms with Crippen LogP contribution in [0.4, 0.5) is 0 Å². The lowest BCUT2D eigenvalue weighted by molar-refractivity contribution is -0.161. The average Bonchev–Trinajstić information content (AvgIpc) is 3.20. The second kappa shape index (κ2) is 41.7. The number of phosphoric acid groups is 1. The summed E-state index contributed by atoms with van der Waals surface area (Å²) in [4.78, 5) is 46.0. The van der Waals surface area contributed by atoms with Gasteiger partial charge in [0.05, 0.1) is 13.2 Å². The molecule has 12 heteroatoms. The summed E-state index contributed by atoms with van der Waals surface area (Å²) in [6, 6.07) is -1.52. The molecule has 58 heavy (non-hydrogen) atoms. The number of hydrogen-bond donors (Lipinski definition) is 3. The molecule has 0 aromatic heterocycles. The third-order valence-electron chi connectivity index (χ3n) is 10.2. The van der Waals surface area contributed by atoms with Crippen molar-refractivity contribution in [1.82, 2.24) is 0 Å². The number of carboxylic acid groups (broad SMARTS) is 1. The van der Waals surface area contributed by atoms with Gasteiger partial charge in [0.1, 0.15) is 12.6 Å². The number of esters is 2. The number of phosphoric ester groups is 1. The summed E-state index contributed by atoms with van der Waals surface area (Å²) in [5, 5.41) is 8.90. The highest BCUT2D eigenvalue weighted by Gasteiger charge is 2.28. The summed E-state index contributed by atoms with van der Waals surface area (Å²) in [5.41, 5.74) is 5.34. The molecular formula is C46H86NO10P. The summed E-state index contributed by atoms with van der Waals surface area (Å²) in [6.45, 7) is 2.80. The molecule has 0 fully saturated rings. The fourth-order valence-corrected chi connectivity index (χ4v) is 7.24. The molecule has 0 saturated carbocycles. The van der Waals surface area contributed by atoms with Crippen molar-refractivity contribution < 1.29 is 47.5 Å². The van der Waals surface area contributed by atoms with Gasteiger partial charge >= 0.3 is 25.7 Å². The summed E-state index contributed by atoms with van der Waals surface area (Å²) < 4.78 is 32.8. The fourth-order valence-electron chi connectivity index (χ4n) is 6.47. The second-order valence-corrected chi connectivity index (χ2v) is 17.3. The van der Waals surface area contributed by atoms with Crippen LogP contribution in [0.25, 0.3) is 0 Å². The Balaban J connectivity index is 4.31. The van der Waals surface area contributed by atoms with Crippen LogP contribution in [0.15, 0.2) is 24.3 Å². The van der Waals surface area contributed by atoms with E-state index in [-0.39, 0.29) is 19.4 Å². The summed E-state index contributed by atoms with van der Waals surface area (Å²) in [6.07, 6.45) is 43.7. The molecule has 0 rings (SSSR count). The average molecular weight is 844 g/mol. The van der Waals surface area contributed by atoms with Crippen molar-refractivity contribution in [3.05, 3.63) is 24.3 Å². The lowest BCUT2D eigenvalue weighted by Crippen LogP contribution is -2.34. The number of ether oxygens (including phenoxy) is 2. The molecule has 0 aliphatic carbocycles. The zero-order valence-corrected chi connectivity index (χ0v) is 37.8. The van der Waals surface area contributed by atoms with Gasteiger partial charge in [-0.15, -0.1) is 0 Å². The molecule has 0 radical (unpaired) electrons. The van der Waals surface area contributed by atoms with E-state index in [4.69, 9.17) is 24.8 Å². The summed E-state index contributed by atoms with van der Waals surface area (Å²) in [7, 11) is -4.72. The van der Waals surface area contributed by atoms with E-state index in [2.05, 4.69) is 42.7 Å². The molecule has 0 saturated heterocycles. The van der Waals surface area contributed by atoms with Crippen molar-refractivity contribution in [1.29, 1.82) is 0 Å². The Bertz CT molecular complexity index is 1080. The van der Waals surface area contributed by atoms with E-state index < -0.39 is 51.1 Å². The number of allylic oxidation sites excluding steroid dienone is 4. The Morgan fingerprint density at radius 1 is 0.517 bits per heavy atom. The molecule has 0 heterocycles. The van der Waals surface area contributed by atoms with Gasteiger partial charge in [0, 0.05) is 12.8 Å². The van der Waals surface area contributed by atoms with E-state index in [1.807, 2.05) is 0 Å². The number of unbranched alkanes of at least 4 members (excludes halogenated alkanes) is 26. The zero-order chi connectivity index (χ0) is 42.8. The predicted octanol–water partition coefficient (Wildman–Crippen LogP) is 12.6. The highest BCUT2D eigenvalue weighted by atomic mass is 31.2. The number of carboxylic acids is 1. The van der Waals surface area contributed by atoms with E-state index in [0.29, 0.717) is 12.8 Å². The SMILES string of the molecule is CCCCCC/C=C/CCCCCCCCCCCC(=O)O[C@H](COC(=O)CCCCCCCCC/C=C/CCCCCCCC)COP(=O)(O)OC[C@H](N)C(=O)O. The van der Waals surface area contributed by atoms with Crippen LogP contribution in [-0.4, -0.2) is 59.9 Å². The van der Waals surface area contributed by atoms with E-state index in [9.17, 15) is 23.8 Å². The van der Waals surface area contributed by atoms with Crippen LogP contribution in [0.1, 0.15) is 219 Å². The molecule has 0 aromatic rings. The highest BCUT2D eigenvalue weighted by molar-refractivity contribution is 7.47. The van der Waals surface area contributed by atoms with Crippen LogP contribution in [0.5, 0.6) is 0 Å². The quantitative estimate of drug-likeness (QED) is 0.0231. The first-order chi connectivity index (χ1) is 28.1. The molecule has 11 nitrogen and oxygen atoms in total. The molecule has 1 unspecified atom stereocenters. The van der Waals surface area contributed by atoms with E-state index in [0.717, 1.165) is 44.9 Å². The van der Waals surface area contributed by atoms with Crippen molar-refractivity contribution in [2.45, 2.75) is 231 Å². The molecule has 0 amide bonds. The largest absolute Gasteiger partial charge is 0.480 e. The van der Waals surface area contributed by atoms with Gasteiger partial charge in [0.15, 0.2) is 6.10 Å². The van der Waals surface area contributed by atoms with Crippen molar-refractivity contribution in [2.24, 2.45) is 5.73 Å². The maximum atomic E-state index is 12.6. The topological polar surface area (TPSA) is 172 Å². The number of carbonyl (C=O) groups excluding carboxylic acids is 2. The molecule has 0 aliphatic heterocycles. The maximum Gasteiger partial charge on any atom is 0.472 e. The Labute approximate surface area is 353 Å². The standard InChI is InChI=1S/C46H86NO10P/c1-3-5-7-9-11-13-15-17-19-21-23-25-27-29-31-33-35-37-44(48)54-39-42(40-55-58(52,53)56-41-43(47)46(50)51)57-45(49)38-36-34-32-30-28-26-24-22-20-18-16-14-12-10-8-6-4-2/h14,16-17,19,42-43H,3-13,15,18,20-41,47H2,1-2H3,(H,50,51)(H,52,53)/b16-14+,19-17+/t42-,43+/m1/s1. The zero-order valence-electron chi connectivity index (χ0n) is 36.9. The first kappa shape index (κ1) is 56.0. The van der Waals surface area contributed by atoms with Gasteiger partial charge in [-0.2, -0.15) is 0 Å². The predicted molar refractivity (Wildman–Crippen MR) is 236 cm³/mol. The van der Waals surface area contributed by atoms with Gasteiger partial charge < -0.3 is 25.2 Å². The van der Waals surface area contributed by atoms with Crippen LogP contribution in [0.2, 0.25) is 0 Å². The Hall–Kier alpha value is -2.04. The Morgan fingerprint density at radius 3 is 1.28 bits per heavy atom. The lowest BCUT2D eigenvalue weighted by atomic mass is 10.1. The fraction of sp³-hybridized carbons (Fsp3) is 0.848. The third kappa shape index (κ3) is 40.7. The van der Waals surface area contributed by atoms with Gasteiger partial charge in [0.2, 0.25) is 0 Å². The minimum atomic E-state index is -4.72. The van der Waals surface area contributed by atoms with Gasteiger partial charge in [-0.1, -0.05) is 167 Å². The molecular weight excluding hydrogens is 757 g/mol. The number of nitrogens with two attached hydrogens (primary N) is 1. The number of rotatable bonds is 44. The molecule has 0 bridgehead atoms. The summed E-state index contributed by atoms with van der Waals surface area (Å²) in [5.74, 6) is -2.38. The Morgan fingerprint density at radius 2 is 0.862 bits per heavy atom. The maximum absolute atomic E-state index is 12.6. The summed E-state index contributed by atoms with van der Waals surface area (Å²) >= 11 is 0. The van der Waals surface area contributed by atoms with Crippen LogP contribution >= 0.6 is 7.82 Å². The Kier molecular flexibility index (Phi) is 40.2. The van der Waals surface area contributed by atoms with Crippen LogP contribution in [0.3, 0.4) is 0 Å². The monoisotopic (exact) mass is 844 g/mol. The smallest absolute Gasteiger partial charge is 0.472 e. The van der Waals surface area contributed by atoms with Crippen LogP contribution < -0.4 is 5.73 Å². The van der Waals surface area contributed by atoms with E-state index in [1.54, 1.807) is 0 Å². The van der Waals surface area contributed by atoms with Crippen molar-refractivity contribution in [2.75, 3.05) is 19.8 Å². The first-order valence-corrected chi connectivity index (χ1v) is 24.9. The molecule has 4 N–H and O–H groups in total. The van der Waals surface area contributed by atoms with Gasteiger partial charge in [-0.3, -0.25) is 23.4 Å². The minimum Gasteiger partial charge on any atom is -0.480 e. The van der Waals surface area contributed by atoms with Crippen molar-refractivity contribution in [3.63, 3.8) is 0 Å². The molecule has 340 valence electrons. The minimum absolute atomic E-state index is 0.160. The normalized spacial score (nSPS) is 13.9. The van der Waals surface area contributed by atoms with Crippen molar-refractivity contribution in [3.8, 4) is 0 Å². The first-order valence-electron chi connectivity index (χ1n) is 23.4. The lowest BCUT2D eigenvalue weighted by Gasteiger charge is -2.20. The molecule has 0 aromatic carbocycles. The van der Waals surface area contributed by atoms with Crippen LogP contribution in [-0.2, 0) is 37.5 Å². The van der Waals surface area contributed by atoms with Gasteiger partial charge in [0.25, 0.3) is 0 Å². The highest BCUT2D eigenvalue weighted by Crippen LogP contribution is 2.43. The third-order valence-corrected chi connectivity index (χ3v) is 11.1. The number of aliphatic carboxylic acids is 1.